The van der Waals surface area contributed by atoms with Crippen LogP contribution in [0.15, 0.2) is 54.9 Å². The van der Waals surface area contributed by atoms with Gasteiger partial charge in [0.15, 0.2) is 0 Å². The second-order valence-electron chi connectivity index (χ2n) is 7.55. The zero-order valence-electron chi connectivity index (χ0n) is 16.9. The summed E-state index contributed by atoms with van der Waals surface area (Å²) in [5, 5.41) is 3.08. The normalized spacial score (nSPS) is 17.3. The van der Waals surface area contributed by atoms with Crippen LogP contribution in [0.3, 0.4) is 0 Å². The summed E-state index contributed by atoms with van der Waals surface area (Å²) in [4.78, 5) is 19.7. The van der Waals surface area contributed by atoms with Crippen molar-refractivity contribution in [2.75, 3.05) is 18.4 Å². The van der Waals surface area contributed by atoms with Gasteiger partial charge in [0.25, 0.3) is 0 Å². The first-order valence-electron chi connectivity index (χ1n) is 10.4. The second-order valence-corrected chi connectivity index (χ2v) is 7.55. The molecule has 152 valence electrons. The molecule has 0 aliphatic carbocycles. The van der Waals surface area contributed by atoms with E-state index in [9.17, 15) is 4.79 Å². The van der Waals surface area contributed by atoms with Gasteiger partial charge in [-0.15, -0.1) is 0 Å². The Morgan fingerprint density at radius 3 is 3.03 bits per heavy atom. The first-order valence-corrected chi connectivity index (χ1v) is 10.4. The van der Waals surface area contributed by atoms with Crippen molar-refractivity contribution < 1.29 is 9.53 Å². The number of piperidine rings is 1. The molecule has 3 heterocycles. The van der Waals surface area contributed by atoms with E-state index in [1.165, 1.54) is 6.42 Å². The number of ether oxygens (including phenoxy) is 1. The Labute approximate surface area is 171 Å². The number of hydrogen-bond donors (Lipinski definition) is 1. The summed E-state index contributed by atoms with van der Waals surface area (Å²) in [6, 6.07) is 13.4. The highest BCUT2D eigenvalue weighted by Gasteiger charge is 2.28. The summed E-state index contributed by atoms with van der Waals surface area (Å²) in [6.07, 6.45) is 8.21. The van der Waals surface area contributed by atoms with Gasteiger partial charge in [0.1, 0.15) is 18.0 Å². The van der Waals surface area contributed by atoms with Crippen LogP contribution in [-0.2, 0) is 11.4 Å². The van der Waals surface area contributed by atoms with E-state index in [0.717, 1.165) is 49.4 Å². The van der Waals surface area contributed by atoms with Gasteiger partial charge in [-0.05, 0) is 56.6 Å². The molecule has 2 aromatic heterocycles. The Bertz CT molecular complexity index is 933. The van der Waals surface area contributed by atoms with Crippen LogP contribution in [-0.4, -0.2) is 39.3 Å². The Kier molecular flexibility index (Phi) is 6.10. The molecule has 1 aromatic carbocycles. The number of carbonyl (C=O) groups excluding carboxylic acids is 1. The van der Waals surface area contributed by atoms with Crippen LogP contribution in [0.5, 0.6) is 5.75 Å². The lowest BCUT2D eigenvalue weighted by molar-refractivity contribution is -0.122. The van der Waals surface area contributed by atoms with E-state index in [2.05, 4.69) is 22.1 Å². The largest absolute Gasteiger partial charge is 0.487 e. The molecular formula is C23H28N4O2. The summed E-state index contributed by atoms with van der Waals surface area (Å²) in [5.74, 6) is 0.796. The summed E-state index contributed by atoms with van der Waals surface area (Å²) < 4.78 is 7.89. The zero-order chi connectivity index (χ0) is 20.1. The molecule has 0 bridgehead atoms. The van der Waals surface area contributed by atoms with Crippen molar-refractivity contribution in [3.05, 3.63) is 60.6 Å². The highest BCUT2D eigenvalue weighted by molar-refractivity contribution is 5.95. The van der Waals surface area contributed by atoms with E-state index in [1.807, 2.05) is 59.3 Å². The lowest BCUT2D eigenvalue weighted by Gasteiger charge is -2.34. The predicted octanol–water partition coefficient (Wildman–Crippen LogP) is 4.12. The van der Waals surface area contributed by atoms with E-state index in [0.29, 0.717) is 12.4 Å². The number of anilines is 1. The number of carbonyl (C=O) groups is 1. The predicted molar refractivity (Wildman–Crippen MR) is 114 cm³/mol. The van der Waals surface area contributed by atoms with Gasteiger partial charge in [-0.1, -0.05) is 25.5 Å². The van der Waals surface area contributed by atoms with Crippen molar-refractivity contribution in [3.63, 3.8) is 0 Å². The minimum atomic E-state index is -0.0359. The van der Waals surface area contributed by atoms with Crippen LogP contribution in [0.1, 0.15) is 38.3 Å². The molecule has 1 aliphatic heterocycles. The van der Waals surface area contributed by atoms with Gasteiger partial charge in [0.2, 0.25) is 5.91 Å². The third kappa shape index (κ3) is 4.77. The number of pyridine rings is 1. The third-order valence-electron chi connectivity index (χ3n) is 5.33. The van der Waals surface area contributed by atoms with E-state index in [1.54, 1.807) is 0 Å². The van der Waals surface area contributed by atoms with Crippen molar-refractivity contribution in [3.8, 4) is 5.75 Å². The molecule has 6 heteroatoms. The molecule has 1 fully saturated rings. The molecule has 0 saturated carbocycles. The fraction of sp³-hybridized carbons (Fsp3) is 0.391. The molecule has 1 unspecified atom stereocenters. The number of nitrogens with zero attached hydrogens (tertiary/aromatic N) is 3. The van der Waals surface area contributed by atoms with E-state index < -0.39 is 0 Å². The molecule has 4 rings (SSSR count). The minimum absolute atomic E-state index is 0.0359. The Morgan fingerprint density at radius 2 is 2.17 bits per heavy atom. The molecule has 6 nitrogen and oxygen atoms in total. The van der Waals surface area contributed by atoms with Crippen LogP contribution in [0.4, 0.5) is 5.69 Å². The Balaban J connectivity index is 1.38. The molecule has 1 atom stereocenters. The number of benzene rings is 1. The molecule has 29 heavy (non-hydrogen) atoms. The molecular weight excluding hydrogens is 364 g/mol. The van der Waals surface area contributed by atoms with Crippen molar-refractivity contribution >= 4 is 17.2 Å². The van der Waals surface area contributed by atoms with Gasteiger partial charge in [0.05, 0.1) is 11.7 Å². The molecule has 1 N–H and O–H groups in total. The number of likely N-dealkylation sites (tertiary alicyclic amines) is 1. The second kappa shape index (κ2) is 9.09. The summed E-state index contributed by atoms with van der Waals surface area (Å²) >= 11 is 0. The standard InChI is InChI=1S/C23H28N4O2/c1-2-12-26-13-5-3-10-21(26)23(28)25-18-8-7-9-20(15-18)29-17-19-16-27-14-6-4-11-22(27)24-19/h4,6-9,11,14-16,21H,2-3,5,10,12-13,17H2,1H3,(H,25,28). The average Bonchev–Trinajstić information content (AvgIpc) is 3.16. The fourth-order valence-electron chi connectivity index (χ4n) is 3.95. The van der Waals surface area contributed by atoms with Crippen LogP contribution >= 0.6 is 0 Å². The monoisotopic (exact) mass is 392 g/mol. The Morgan fingerprint density at radius 1 is 1.24 bits per heavy atom. The van der Waals surface area contributed by atoms with Gasteiger partial charge in [0, 0.05) is 24.1 Å². The molecule has 1 amide bonds. The van der Waals surface area contributed by atoms with Crippen LogP contribution in [0.2, 0.25) is 0 Å². The fourth-order valence-corrected chi connectivity index (χ4v) is 3.95. The quantitative estimate of drug-likeness (QED) is 0.657. The number of nitrogens with one attached hydrogen (secondary N) is 1. The summed E-state index contributed by atoms with van der Waals surface area (Å²) in [6.45, 7) is 4.52. The Hall–Kier alpha value is -2.86. The van der Waals surface area contributed by atoms with Crippen LogP contribution < -0.4 is 10.1 Å². The van der Waals surface area contributed by atoms with Gasteiger partial charge in [-0.25, -0.2) is 4.98 Å². The number of rotatable bonds is 7. The lowest BCUT2D eigenvalue weighted by atomic mass is 10.0. The first-order chi connectivity index (χ1) is 14.2. The number of fused-ring (bicyclic) bond motifs is 1. The number of hydrogen-bond acceptors (Lipinski definition) is 4. The minimum Gasteiger partial charge on any atom is -0.487 e. The van der Waals surface area contributed by atoms with Crippen LogP contribution in [0.25, 0.3) is 5.65 Å². The van der Waals surface area contributed by atoms with Gasteiger partial charge >= 0.3 is 0 Å². The van der Waals surface area contributed by atoms with E-state index in [-0.39, 0.29) is 11.9 Å². The average molecular weight is 393 g/mol. The number of amides is 1. The molecule has 1 aliphatic rings. The first kappa shape index (κ1) is 19.5. The highest BCUT2D eigenvalue weighted by atomic mass is 16.5. The van der Waals surface area contributed by atoms with Crippen molar-refractivity contribution in [2.45, 2.75) is 45.3 Å². The number of aromatic nitrogens is 2. The van der Waals surface area contributed by atoms with E-state index >= 15 is 0 Å². The molecule has 0 spiro atoms. The van der Waals surface area contributed by atoms with Crippen molar-refractivity contribution in [1.29, 1.82) is 0 Å². The van der Waals surface area contributed by atoms with Crippen LogP contribution in [0, 0.1) is 0 Å². The van der Waals surface area contributed by atoms with E-state index in [4.69, 9.17) is 4.74 Å². The van der Waals surface area contributed by atoms with Crippen molar-refractivity contribution in [2.24, 2.45) is 0 Å². The maximum atomic E-state index is 12.8. The van der Waals surface area contributed by atoms with Crippen molar-refractivity contribution in [1.82, 2.24) is 14.3 Å². The zero-order valence-corrected chi connectivity index (χ0v) is 16.9. The third-order valence-corrected chi connectivity index (χ3v) is 5.33. The number of imidazole rings is 1. The molecule has 3 aromatic rings. The highest BCUT2D eigenvalue weighted by Crippen LogP contribution is 2.22. The summed E-state index contributed by atoms with van der Waals surface area (Å²) in [5.41, 5.74) is 2.53. The summed E-state index contributed by atoms with van der Waals surface area (Å²) in [7, 11) is 0. The lowest BCUT2D eigenvalue weighted by Crippen LogP contribution is -2.47. The smallest absolute Gasteiger partial charge is 0.241 e. The SMILES string of the molecule is CCCN1CCCCC1C(=O)Nc1cccc(OCc2cn3ccccc3n2)c1. The van der Waals surface area contributed by atoms with Gasteiger partial charge in [-0.3, -0.25) is 9.69 Å². The van der Waals surface area contributed by atoms with Gasteiger partial charge < -0.3 is 14.5 Å². The molecule has 1 saturated heterocycles. The molecule has 0 radical (unpaired) electrons. The van der Waals surface area contributed by atoms with Gasteiger partial charge in [-0.2, -0.15) is 0 Å². The maximum Gasteiger partial charge on any atom is 0.241 e. The topological polar surface area (TPSA) is 58.9 Å². The maximum absolute atomic E-state index is 12.8.